The highest BCUT2D eigenvalue weighted by molar-refractivity contribution is 6.33. The molecule has 0 fully saturated rings. The molecule has 0 aliphatic rings. The molecule has 1 heterocycles. The average molecular weight is 430 g/mol. The van der Waals surface area contributed by atoms with Gasteiger partial charge in [-0.05, 0) is 49.4 Å². The summed E-state index contributed by atoms with van der Waals surface area (Å²) in [7, 11) is 1.62. The number of amides is 1. The zero-order valence-electron chi connectivity index (χ0n) is 16.5. The molecule has 30 heavy (non-hydrogen) atoms. The van der Waals surface area contributed by atoms with Crippen LogP contribution in [0.2, 0.25) is 5.02 Å². The fraction of sp³-hybridized carbons (Fsp3) is 0.190. The highest BCUT2D eigenvalue weighted by Crippen LogP contribution is 2.20. The Morgan fingerprint density at radius 3 is 2.57 bits per heavy atom. The summed E-state index contributed by atoms with van der Waals surface area (Å²) < 4.78 is 18.2. The van der Waals surface area contributed by atoms with Crippen LogP contribution in [0, 0.1) is 12.7 Å². The number of nitrogens with one attached hydrogen (secondary N) is 3. The summed E-state index contributed by atoms with van der Waals surface area (Å²) in [6.45, 7) is 2.57. The first-order valence-electron chi connectivity index (χ1n) is 9.18. The summed E-state index contributed by atoms with van der Waals surface area (Å²) in [4.78, 5) is 20.9. The summed E-state index contributed by atoms with van der Waals surface area (Å²) in [6.07, 6.45) is 0. The van der Waals surface area contributed by atoms with Gasteiger partial charge in [0.2, 0.25) is 5.95 Å². The van der Waals surface area contributed by atoms with E-state index in [1.165, 1.54) is 12.1 Å². The van der Waals surface area contributed by atoms with E-state index in [2.05, 4.69) is 25.9 Å². The van der Waals surface area contributed by atoms with Crippen molar-refractivity contribution in [3.63, 3.8) is 0 Å². The predicted molar refractivity (Wildman–Crippen MR) is 115 cm³/mol. The summed E-state index contributed by atoms with van der Waals surface area (Å²) in [5.74, 6) is 0.964. The molecule has 0 unspecified atom stereocenters. The molecule has 2 aromatic carbocycles. The zero-order valence-corrected chi connectivity index (χ0v) is 17.3. The molecule has 7 nitrogen and oxygen atoms in total. The zero-order chi connectivity index (χ0) is 21.5. The first-order chi connectivity index (χ1) is 14.4. The van der Waals surface area contributed by atoms with Gasteiger partial charge in [0.25, 0.3) is 5.91 Å². The molecule has 0 aliphatic heterocycles. The minimum Gasteiger partial charge on any atom is -0.497 e. The van der Waals surface area contributed by atoms with Crippen LogP contribution in [0.15, 0.2) is 48.5 Å². The van der Waals surface area contributed by atoms with Crippen molar-refractivity contribution in [1.29, 1.82) is 0 Å². The molecule has 3 aromatic rings. The molecular weight excluding hydrogens is 409 g/mol. The number of rotatable bonds is 8. The third-order valence-corrected chi connectivity index (χ3v) is 4.40. The van der Waals surface area contributed by atoms with Crippen LogP contribution in [-0.2, 0) is 0 Å². The molecule has 1 amide bonds. The number of carbonyl (C=O) groups excluding carboxylic acids is 1. The standard InChI is InChI=1S/C21H21ClFN5O2/c1-13-11-19(27-15-4-6-16(30-2)7-5-15)28-21(26-13)25-10-9-24-20(29)17-8-3-14(23)12-18(17)22/h3-8,11-12H,9-10H2,1-2H3,(H,24,29)(H2,25,26,27,28). The molecule has 1 aromatic heterocycles. The van der Waals surface area contributed by atoms with Crippen LogP contribution in [0.3, 0.4) is 0 Å². The maximum absolute atomic E-state index is 13.1. The van der Waals surface area contributed by atoms with E-state index in [0.717, 1.165) is 23.2 Å². The summed E-state index contributed by atoms with van der Waals surface area (Å²) >= 11 is 5.90. The van der Waals surface area contributed by atoms with Crippen LogP contribution in [0.25, 0.3) is 0 Å². The number of aromatic nitrogens is 2. The molecule has 3 N–H and O–H groups in total. The summed E-state index contributed by atoms with van der Waals surface area (Å²) in [6, 6.07) is 13.0. The topological polar surface area (TPSA) is 88.2 Å². The van der Waals surface area contributed by atoms with Crippen molar-refractivity contribution in [2.24, 2.45) is 0 Å². The normalized spacial score (nSPS) is 10.4. The van der Waals surface area contributed by atoms with E-state index >= 15 is 0 Å². The Labute approximate surface area is 178 Å². The third-order valence-electron chi connectivity index (χ3n) is 4.09. The number of benzene rings is 2. The van der Waals surface area contributed by atoms with Crippen LogP contribution in [0.4, 0.5) is 21.8 Å². The largest absolute Gasteiger partial charge is 0.497 e. The van der Waals surface area contributed by atoms with Crippen molar-refractivity contribution in [3.05, 3.63) is 70.6 Å². The van der Waals surface area contributed by atoms with Gasteiger partial charge in [-0.3, -0.25) is 4.79 Å². The van der Waals surface area contributed by atoms with Crippen molar-refractivity contribution < 1.29 is 13.9 Å². The second kappa shape index (κ2) is 9.89. The average Bonchev–Trinajstić information content (AvgIpc) is 2.71. The Bertz CT molecular complexity index is 1030. The van der Waals surface area contributed by atoms with Crippen LogP contribution in [0.5, 0.6) is 5.75 Å². The predicted octanol–water partition coefficient (Wildman–Crippen LogP) is 4.17. The number of anilines is 3. The quantitative estimate of drug-likeness (QED) is 0.466. The fourth-order valence-corrected chi connectivity index (χ4v) is 2.91. The van der Waals surface area contributed by atoms with Gasteiger partial charge in [0.1, 0.15) is 17.4 Å². The lowest BCUT2D eigenvalue weighted by Crippen LogP contribution is -2.29. The lowest BCUT2D eigenvalue weighted by Gasteiger charge is -2.11. The Balaban J connectivity index is 1.54. The number of carbonyl (C=O) groups is 1. The lowest BCUT2D eigenvalue weighted by molar-refractivity contribution is 0.0955. The monoisotopic (exact) mass is 429 g/mol. The maximum Gasteiger partial charge on any atom is 0.252 e. The second-order valence-corrected chi connectivity index (χ2v) is 6.79. The molecule has 0 saturated heterocycles. The molecule has 0 saturated carbocycles. The highest BCUT2D eigenvalue weighted by Gasteiger charge is 2.10. The van der Waals surface area contributed by atoms with E-state index in [1.54, 1.807) is 7.11 Å². The van der Waals surface area contributed by atoms with Crippen molar-refractivity contribution in [3.8, 4) is 5.75 Å². The fourth-order valence-electron chi connectivity index (χ4n) is 2.65. The van der Waals surface area contributed by atoms with E-state index in [4.69, 9.17) is 16.3 Å². The van der Waals surface area contributed by atoms with E-state index in [-0.39, 0.29) is 16.5 Å². The molecule has 9 heteroatoms. The Kier molecular flexibility index (Phi) is 7.03. The maximum atomic E-state index is 13.1. The Hall–Kier alpha value is -3.39. The highest BCUT2D eigenvalue weighted by atomic mass is 35.5. The first kappa shape index (κ1) is 21.3. The number of aryl methyl sites for hydroxylation is 1. The number of methoxy groups -OCH3 is 1. The number of halogens is 2. The molecular formula is C21H21ClFN5O2. The number of ether oxygens (including phenoxy) is 1. The third kappa shape index (κ3) is 5.81. The summed E-state index contributed by atoms with van der Waals surface area (Å²) in [5, 5.41) is 9.07. The van der Waals surface area contributed by atoms with Gasteiger partial charge in [-0.2, -0.15) is 4.98 Å². The van der Waals surface area contributed by atoms with E-state index in [0.29, 0.717) is 24.9 Å². The lowest BCUT2D eigenvalue weighted by atomic mass is 10.2. The van der Waals surface area contributed by atoms with Crippen molar-refractivity contribution in [1.82, 2.24) is 15.3 Å². The van der Waals surface area contributed by atoms with E-state index in [9.17, 15) is 9.18 Å². The summed E-state index contributed by atoms with van der Waals surface area (Å²) in [5.41, 5.74) is 1.87. The van der Waals surface area contributed by atoms with Gasteiger partial charge in [-0.15, -0.1) is 0 Å². The van der Waals surface area contributed by atoms with Gasteiger partial charge >= 0.3 is 0 Å². The Morgan fingerprint density at radius 1 is 1.10 bits per heavy atom. The van der Waals surface area contributed by atoms with Gasteiger partial charge in [-0.25, -0.2) is 9.37 Å². The molecule has 0 aliphatic carbocycles. The van der Waals surface area contributed by atoms with Crippen molar-refractivity contribution in [2.45, 2.75) is 6.92 Å². The first-order valence-corrected chi connectivity index (χ1v) is 9.56. The van der Waals surface area contributed by atoms with Gasteiger partial charge in [0.15, 0.2) is 0 Å². The van der Waals surface area contributed by atoms with Crippen molar-refractivity contribution in [2.75, 3.05) is 30.8 Å². The van der Waals surface area contributed by atoms with Crippen LogP contribution in [0.1, 0.15) is 16.1 Å². The minimum atomic E-state index is -0.492. The van der Waals surface area contributed by atoms with Crippen LogP contribution in [-0.4, -0.2) is 36.1 Å². The number of hydrogen-bond acceptors (Lipinski definition) is 6. The molecule has 0 radical (unpaired) electrons. The van der Waals surface area contributed by atoms with Gasteiger partial charge in [0, 0.05) is 30.5 Å². The Morgan fingerprint density at radius 2 is 1.87 bits per heavy atom. The van der Waals surface area contributed by atoms with Gasteiger partial charge in [0.05, 0.1) is 17.7 Å². The van der Waals surface area contributed by atoms with Crippen LogP contribution < -0.4 is 20.7 Å². The molecule has 0 bridgehead atoms. The minimum absolute atomic E-state index is 0.0664. The SMILES string of the molecule is COc1ccc(Nc2cc(C)nc(NCCNC(=O)c3ccc(F)cc3Cl)n2)cc1. The van der Waals surface area contributed by atoms with Gasteiger partial charge < -0.3 is 20.7 Å². The van der Waals surface area contributed by atoms with E-state index in [1.807, 2.05) is 37.3 Å². The molecule has 156 valence electrons. The van der Waals surface area contributed by atoms with Gasteiger partial charge in [-0.1, -0.05) is 11.6 Å². The smallest absolute Gasteiger partial charge is 0.252 e. The van der Waals surface area contributed by atoms with Crippen molar-refractivity contribution >= 4 is 35.0 Å². The molecule has 0 spiro atoms. The second-order valence-electron chi connectivity index (χ2n) is 6.38. The van der Waals surface area contributed by atoms with Crippen LogP contribution >= 0.6 is 11.6 Å². The molecule has 0 atom stereocenters. The number of hydrogen-bond donors (Lipinski definition) is 3. The van der Waals surface area contributed by atoms with E-state index < -0.39 is 5.82 Å². The molecule has 3 rings (SSSR count). The number of nitrogens with zero attached hydrogens (tertiary/aromatic N) is 2.